The monoisotopic (exact) mass is 183 g/mol. The number of hydrogen-bond donors (Lipinski definition) is 1. The van der Waals surface area contributed by atoms with Gasteiger partial charge in [0.25, 0.3) is 0 Å². The molecule has 64 valence electrons. The van der Waals surface area contributed by atoms with Crippen LogP contribution in [-0.4, -0.2) is 10.4 Å². The van der Waals surface area contributed by atoms with Gasteiger partial charge in [-0.05, 0) is 26.0 Å². The van der Waals surface area contributed by atoms with Crippen LogP contribution in [0.2, 0.25) is 0 Å². The molecule has 0 radical (unpaired) electrons. The summed E-state index contributed by atoms with van der Waals surface area (Å²) in [5.74, 6) is 0. The Morgan fingerprint density at radius 1 is 1.25 bits per heavy atom. The first-order chi connectivity index (χ1) is 5.63. The van der Waals surface area contributed by atoms with Crippen molar-refractivity contribution in [2.24, 2.45) is 5.16 Å². The molecule has 3 heteroatoms. The fourth-order valence-electron chi connectivity index (χ4n) is 1.15. The first-order valence-electron chi connectivity index (χ1n) is 3.59. The lowest BCUT2D eigenvalue weighted by atomic mass is 10.1. The molecule has 1 N–H and O–H groups in total. The Labute approximate surface area is 76.5 Å². The lowest BCUT2D eigenvalue weighted by Gasteiger charge is -2.00. The normalized spacial score (nSPS) is 11.8. The first kappa shape index (κ1) is 9.07. The highest BCUT2D eigenvalue weighted by atomic mass is 35.5. The van der Waals surface area contributed by atoms with Gasteiger partial charge >= 0.3 is 0 Å². The standard InChI is InChI=1S/C9H10ClNO/c1-6-3-7(2)5-8(4-6)9(10)11-12/h3-5,12H,1-2H3/b11-9+. The largest absolute Gasteiger partial charge is 0.410 e. The second-order valence-corrected chi connectivity index (χ2v) is 3.13. The molecule has 0 spiro atoms. The highest BCUT2D eigenvalue weighted by Gasteiger charge is 2.00. The maximum atomic E-state index is 8.43. The molecule has 0 heterocycles. The summed E-state index contributed by atoms with van der Waals surface area (Å²) in [5, 5.41) is 11.5. The van der Waals surface area contributed by atoms with E-state index in [1.54, 1.807) is 0 Å². The number of rotatable bonds is 1. The number of benzene rings is 1. The molecule has 1 rings (SSSR count). The lowest BCUT2D eigenvalue weighted by Crippen LogP contribution is -1.92. The van der Waals surface area contributed by atoms with Gasteiger partial charge in [-0.25, -0.2) is 0 Å². The zero-order chi connectivity index (χ0) is 9.14. The quantitative estimate of drug-likeness (QED) is 0.405. The molecular formula is C9H10ClNO. The number of aryl methyl sites for hydroxylation is 2. The van der Waals surface area contributed by atoms with E-state index < -0.39 is 0 Å². The van der Waals surface area contributed by atoms with E-state index in [1.807, 2.05) is 32.0 Å². The van der Waals surface area contributed by atoms with Crippen LogP contribution in [0.5, 0.6) is 0 Å². The van der Waals surface area contributed by atoms with Crippen LogP contribution in [-0.2, 0) is 0 Å². The summed E-state index contributed by atoms with van der Waals surface area (Å²) in [5.41, 5.74) is 2.95. The van der Waals surface area contributed by atoms with Crippen molar-refractivity contribution in [3.05, 3.63) is 34.9 Å². The zero-order valence-corrected chi connectivity index (χ0v) is 7.76. The topological polar surface area (TPSA) is 32.6 Å². The SMILES string of the molecule is Cc1cc(C)cc(/C(Cl)=N\O)c1. The van der Waals surface area contributed by atoms with Crippen LogP contribution in [0.15, 0.2) is 23.4 Å². The summed E-state index contributed by atoms with van der Waals surface area (Å²) in [6.07, 6.45) is 0. The molecule has 0 bridgehead atoms. The van der Waals surface area contributed by atoms with Gasteiger partial charge < -0.3 is 5.21 Å². The van der Waals surface area contributed by atoms with Crippen molar-refractivity contribution in [1.29, 1.82) is 0 Å². The van der Waals surface area contributed by atoms with Crippen LogP contribution in [0.4, 0.5) is 0 Å². The van der Waals surface area contributed by atoms with E-state index in [1.165, 1.54) is 0 Å². The molecule has 0 unspecified atom stereocenters. The van der Waals surface area contributed by atoms with Crippen LogP contribution in [0.1, 0.15) is 16.7 Å². The number of nitrogens with zero attached hydrogens (tertiary/aromatic N) is 1. The van der Waals surface area contributed by atoms with Gasteiger partial charge in [-0.3, -0.25) is 0 Å². The first-order valence-corrected chi connectivity index (χ1v) is 3.97. The summed E-state index contributed by atoms with van der Waals surface area (Å²) in [6.45, 7) is 3.94. The Kier molecular flexibility index (Phi) is 2.71. The third-order valence-corrected chi connectivity index (χ3v) is 1.84. The fraction of sp³-hybridized carbons (Fsp3) is 0.222. The molecule has 1 aromatic rings. The number of oxime groups is 1. The second kappa shape index (κ2) is 3.59. The highest BCUT2D eigenvalue weighted by Crippen LogP contribution is 2.11. The van der Waals surface area contributed by atoms with Gasteiger partial charge in [0.2, 0.25) is 0 Å². The van der Waals surface area contributed by atoms with Crippen molar-refractivity contribution in [2.75, 3.05) is 0 Å². The molecule has 12 heavy (non-hydrogen) atoms. The number of halogens is 1. The Morgan fingerprint density at radius 2 is 1.75 bits per heavy atom. The predicted octanol–water partition coefficient (Wildman–Crippen LogP) is 2.68. The van der Waals surface area contributed by atoms with Gasteiger partial charge in [0.05, 0.1) is 0 Å². The lowest BCUT2D eigenvalue weighted by molar-refractivity contribution is 0.321. The third kappa shape index (κ3) is 1.98. The minimum absolute atomic E-state index is 0.127. The molecule has 0 saturated carbocycles. The Bertz CT molecular complexity index is 300. The van der Waals surface area contributed by atoms with Crippen molar-refractivity contribution in [1.82, 2.24) is 0 Å². The molecule has 0 aromatic heterocycles. The van der Waals surface area contributed by atoms with Gasteiger partial charge in [0, 0.05) is 5.56 Å². The van der Waals surface area contributed by atoms with E-state index in [9.17, 15) is 0 Å². The van der Waals surface area contributed by atoms with Crippen LogP contribution in [0, 0.1) is 13.8 Å². The Morgan fingerprint density at radius 3 is 2.17 bits per heavy atom. The summed E-state index contributed by atoms with van der Waals surface area (Å²) in [7, 11) is 0. The molecule has 0 aliphatic heterocycles. The highest BCUT2D eigenvalue weighted by molar-refractivity contribution is 6.69. The Balaban J connectivity index is 3.17. The molecule has 0 fully saturated rings. The molecule has 0 aliphatic rings. The molecule has 0 atom stereocenters. The van der Waals surface area contributed by atoms with E-state index in [0.29, 0.717) is 0 Å². The van der Waals surface area contributed by atoms with Crippen molar-refractivity contribution in [3.63, 3.8) is 0 Å². The van der Waals surface area contributed by atoms with E-state index in [4.69, 9.17) is 16.8 Å². The van der Waals surface area contributed by atoms with E-state index in [-0.39, 0.29) is 5.17 Å². The van der Waals surface area contributed by atoms with Gasteiger partial charge in [-0.1, -0.05) is 33.9 Å². The molecule has 0 amide bonds. The average Bonchev–Trinajstić information content (AvgIpc) is 2.01. The summed E-state index contributed by atoms with van der Waals surface area (Å²) in [4.78, 5) is 0. The third-order valence-electron chi connectivity index (χ3n) is 1.55. The molecule has 1 aromatic carbocycles. The predicted molar refractivity (Wildman–Crippen MR) is 50.1 cm³/mol. The van der Waals surface area contributed by atoms with Crippen LogP contribution >= 0.6 is 11.6 Å². The maximum absolute atomic E-state index is 8.43. The van der Waals surface area contributed by atoms with Crippen molar-refractivity contribution < 1.29 is 5.21 Å². The fourth-order valence-corrected chi connectivity index (χ4v) is 1.26. The van der Waals surface area contributed by atoms with Crippen molar-refractivity contribution in [2.45, 2.75) is 13.8 Å². The van der Waals surface area contributed by atoms with Gasteiger partial charge in [-0.15, -0.1) is 0 Å². The molecule has 0 aliphatic carbocycles. The minimum Gasteiger partial charge on any atom is -0.410 e. The molecule has 2 nitrogen and oxygen atoms in total. The second-order valence-electron chi connectivity index (χ2n) is 2.77. The maximum Gasteiger partial charge on any atom is 0.175 e. The zero-order valence-electron chi connectivity index (χ0n) is 7.00. The van der Waals surface area contributed by atoms with Crippen LogP contribution < -0.4 is 0 Å². The van der Waals surface area contributed by atoms with E-state index in [0.717, 1.165) is 16.7 Å². The van der Waals surface area contributed by atoms with Crippen molar-refractivity contribution >= 4 is 16.8 Å². The van der Waals surface area contributed by atoms with Gasteiger partial charge in [0.1, 0.15) is 0 Å². The smallest absolute Gasteiger partial charge is 0.175 e. The van der Waals surface area contributed by atoms with Gasteiger partial charge in [-0.2, -0.15) is 0 Å². The van der Waals surface area contributed by atoms with E-state index in [2.05, 4.69) is 5.16 Å². The Hall–Kier alpha value is -1.02. The molecule has 0 saturated heterocycles. The van der Waals surface area contributed by atoms with Crippen LogP contribution in [0.25, 0.3) is 0 Å². The van der Waals surface area contributed by atoms with Gasteiger partial charge in [0.15, 0.2) is 5.17 Å². The average molecular weight is 184 g/mol. The van der Waals surface area contributed by atoms with Crippen molar-refractivity contribution in [3.8, 4) is 0 Å². The minimum atomic E-state index is 0.127. The van der Waals surface area contributed by atoms with E-state index >= 15 is 0 Å². The molecular weight excluding hydrogens is 174 g/mol. The van der Waals surface area contributed by atoms with Crippen LogP contribution in [0.3, 0.4) is 0 Å². The summed E-state index contributed by atoms with van der Waals surface area (Å²) in [6, 6.07) is 5.77. The summed E-state index contributed by atoms with van der Waals surface area (Å²) < 4.78 is 0. The summed E-state index contributed by atoms with van der Waals surface area (Å²) >= 11 is 5.63. The number of hydrogen-bond acceptors (Lipinski definition) is 2.